The highest BCUT2D eigenvalue weighted by molar-refractivity contribution is 6.43. The molecule has 0 saturated carbocycles. The molecule has 2 unspecified atom stereocenters. The van der Waals surface area contributed by atoms with Crippen molar-refractivity contribution in [3.8, 4) is 11.1 Å². The summed E-state index contributed by atoms with van der Waals surface area (Å²) in [5.74, 6) is 0.612. The van der Waals surface area contributed by atoms with Crippen molar-refractivity contribution in [2.24, 2.45) is 5.92 Å². The molecule has 3 aromatic carbocycles. The van der Waals surface area contributed by atoms with E-state index in [9.17, 15) is 0 Å². The Morgan fingerprint density at radius 2 is 1.45 bits per heavy atom. The minimum Gasteiger partial charge on any atom is -0.0685 e. The van der Waals surface area contributed by atoms with Gasteiger partial charge in [0, 0.05) is 9.52 Å². The first kappa shape index (κ1) is 18.4. The summed E-state index contributed by atoms with van der Waals surface area (Å²) >= 11 is 0. The van der Waals surface area contributed by atoms with Crippen LogP contribution in [0.15, 0.2) is 83.9 Å². The van der Waals surface area contributed by atoms with Gasteiger partial charge < -0.3 is 0 Å². The molecule has 0 radical (unpaired) electrons. The smallest absolute Gasteiger partial charge is 0.0475 e. The first-order valence-corrected chi connectivity index (χ1v) is 12.4. The molecule has 0 fully saturated rings. The van der Waals surface area contributed by atoms with Gasteiger partial charge in [0.15, 0.2) is 0 Å². The normalized spacial score (nSPS) is 20.1. The van der Waals surface area contributed by atoms with Crippen LogP contribution in [-0.4, -0.2) is 9.52 Å². The van der Waals surface area contributed by atoms with Gasteiger partial charge in [0.1, 0.15) is 0 Å². The van der Waals surface area contributed by atoms with Crippen molar-refractivity contribution >= 4 is 21.7 Å². The van der Waals surface area contributed by atoms with Crippen LogP contribution in [-0.2, 0) is 0 Å². The molecule has 29 heavy (non-hydrogen) atoms. The Bertz CT molecular complexity index is 1120. The summed E-state index contributed by atoms with van der Waals surface area (Å²) in [6.07, 6.45) is 4.95. The van der Waals surface area contributed by atoms with Crippen LogP contribution in [0, 0.1) is 5.92 Å². The standard InChI is InChI=1S/C28H28Si/c1-18(2)25-17-21-12-7-8-13-23(21)28(25)29-27-19(3)16-26-22(14-9-15-24(26)27)20-10-5-4-6-11-20/h4-18,27-28H,29H2,1-3H3. The maximum Gasteiger partial charge on any atom is 0.0475 e. The van der Waals surface area contributed by atoms with Gasteiger partial charge in [0.05, 0.1) is 0 Å². The zero-order valence-electron chi connectivity index (χ0n) is 17.5. The van der Waals surface area contributed by atoms with Crippen molar-refractivity contribution < 1.29 is 0 Å². The second-order valence-electron chi connectivity index (χ2n) is 8.83. The van der Waals surface area contributed by atoms with E-state index in [1.807, 2.05) is 0 Å². The van der Waals surface area contributed by atoms with Crippen LogP contribution in [0.3, 0.4) is 0 Å². The number of rotatable bonds is 4. The van der Waals surface area contributed by atoms with Crippen LogP contribution in [0.1, 0.15) is 54.1 Å². The maximum absolute atomic E-state index is 2.48. The van der Waals surface area contributed by atoms with Crippen molar-refractivity contribution in [2.45, 2.75) is 31.9 Å². The Hall–Kier alpha value is -2.64. The minimum absolute atomic E-state index is 0.423. The van der Waals surface area contributed by atoms with Crippen molar-refractivity contribution in [3.63, 3.8) is 0 Å². The summed E-state index contributed by atoms with van der Waals surface area (Å²) in [5.41, 5.74) is 13.2. The van der Waals surface area contributed by atoms with E-state index in [0.29, 0.717) is 17.0 Å². The minimum atomic E-state index is -0.423. The molecule has 0 heterocycles. The lowest BCUT2D eigenvalue weighted by Crippen LogP contribution is -2.19. The van der Waals surface area contributed by atoms with E-state index in [1.54, 1.807) is 22.3 Å². The molecule has 5 rings (SSSR count). The molecule has 0 N–H and O–H groups in total. The van der Waals surface area contributed by atoms with Gasteiger partial charge in [-0.3, -0.25) is 0 Å². The molecule has 0 aromatic heterocycles. The quantitative estimate of drug-likeness (QED) is 0.430. The number of allylic oxidation sites excluding steroid dienone is 2. The van der Waals surface area contributed by atoms with Gasteiger partial charge in [-0.05, 0) is 57.3 Å². The summed E-state index contributed by atoms with van der Waals surface area (Å²) in [6.45, 7) is 7.07. The van der Waals surface area contributed by atoms with Gasteiger partial charge in [-0.2, -0.15) is 0 Å². The number of hydrogen-bond donors (Lipinski definition) is 0. The number of benzene rings is 3. The Morgan fingerprint density at radius 1 is 0.724 bits per heavy atom. The molecule has 1 heteroatoms. The lowest BCUT2D eigenvalue weighted by Gasteiger charge is -2.24. The van der Waals surface area contributed by atoms with E-state index >= 15 is 0 Å². The third kappa shape index (κ3) is 3.14. The lowest BCUT2D eigenvalue weighted by atomic mass is 9.97. The highest BCUT2D eigenvalue weighted by atomic mass is 28.2. The topological polar surface area (TPSA) is 0 Å². The van der Waals surface area contributed by atoms with Crippen LogP contribution >= 0.6 is 0 Å². The van der Waals surface area contributed by atoms with Gasteiger partial charge in [0.25, 0.3) is 0 Å². The van der Waals surface area contributed by atoms with E-state index in [0.717, 1.165) is 0 Å². The molecule has 0 amide bonds. The SMILES string of the molecule is CC1=Cc2c(-c3ccccc3)cccc2C1[SiH2]C1C(C(C)C)=Cc2ccccc21. The van der Waals surface area contributed by atoms with E-state index < -0.39 is 9.52 Å². The summed E-state index contributed by atoms with van der Waals surface area (Å²) in [6, 6.07) is 26.8. The van der Waals surface area contributed by atoms with Crippen LogP contribution in [0.2, 0.25) is 0 Å². The van der Waals surface area contributed by atoms with E-state index in [-0.39, 0.29) is 0 Å². The second kappa shape index (κ2) is 7.31. The molecular formula is C28H28Si. The molecule has 2 aliphatic carbocycles. The largest absolute Gasteiger partial charge is 0.0685 e. The average molecular weight is 393 g/mol. The van der Waals surface area contributed by atoms with Crippen molar-refractivity contribution in [1.82, 2.24) is 0 Å². The van der Waals surface area contributed by atoms with Crippen molar-refractivity contribution in [3.05, 3.63) is 106 Å². The zero-order valence-corrected chi connectivity index (χ0v) is 18.9. The van der Waals surface area contributed by atoms with E-state index in [1.165, 1.54) is 22.3 Å². The van der Waals surface area contributed by atoms with Gasteiger partial charge in [-0.15, -0.1) is 0 Å². The molecule has 0 spiro atoms. The summed E-state index contributed by atoms with van der Waals surface area (Å²) < 4.78 is 0. The first-order valence-electron chi connectivity index (χ1n) is 10.8. The fraction of sp³-hybridized carbons (Fsp3) is 0.214. The third-order valence-corrected chi connectivity index (χ3v) is 9.69. The monoisotopic (exact) mass is 392 g/mol. The van der Waals surface area contributed by atoms with Crippen molar-refractivity contribution in [1.29, 1.82) is 0 Å². The number of hydrogen-bond acceptors (Lipinski definition) is 0. The molecule has 3 aromatic rings. The Kier molecular flexibility index (Phi) is 4.64. The average Bonchev–Trinajstić information content (AvgIpc) is 3.27. The van der Waals surface area contributed by atoms with Crippen molar-refractivity contribution in [2.75, 3.05) is 0 Å². The van der Waals surface area contributed by atoms with Gasteiger partial charge in [-0.25, -0.2) is 0 Å². The van der Waals surface area contributed by atoms with Gasteiger partial charge in [-0.1, -0.05) is 110 Å². The molecule has 0 aliphatic heterocycles. The zero-order chi connectivity index (χ0) is 20.0. The highest BCUT2D eigenvalue weighted by Gasteiger charge is 2.33. The molecule has 0 nitrogen and oxygen atoms in total. The molecule has 0 bridgehead atoms. The number of fused-ring (bicyclic) bond motifs is 2. The van der Waals surface area contributed by atoms with Crippen LogP contribution in [0.4, 0.5) is 0 Å². The predicted molar refractivity (Wildman–Crippen MR) is 129 cm³/mol. The summed E-state index contributed by atoms with van der Waals surface area (Å²) in [5, 5.41) is 0. The van der Waals surface area contributed by atoms with Gasteiger partial charge in [0.2, 0.25) is 0 Å². The van der Waals surface area contributed by atoms with Gasteiger partial charge >= 0.3 is 0 Å². The van der Waals surface area contributed by atoms with E-state index in [2.05, 4.69) is 106 Å². The molecular weight excluding hydrogens is 364 g/mol. The molecule has 0 saturated heterocycles. The van der Waals surface area contributed by atoms with E-state index in [4.69, 9.17) is 0 Å². The van der Waals surface area contributed by atoms with Crippen LogP contribution in [0.5, 0.6) is 0 Å². The molecule has 144 valence electrons. The third-order valence-electron chi connectivity index (χ3n) is 6.76. The van der Waals surface area contributed by atoms with Crippen LogP contribution in [0.25, 0.3) is 23.3 Å². The maximum atomic E-state index is 2.48. The van der Waals surface area contributed by atoms with Crippen LogP contribution < -0.4 is 0 Å². The first-order chi connectivity index (χ1) is 14.1. The highest BCUT2D eigenvalue weighted by Crippen LogP contribution is 2.46. The summed E-state index contributed by atoms with van der Waals surface area (Å²) in [7, 11) is -0.423. The Labute approximate surface area is 176 Å². The lowest BCUT2D eigenvalue weighted by molar-refractivity contribution is 0.740. The predicted octanol–water partition coefficient (Wildman–Crippen LogP) is 6.77. The summed E-state index contributed by atoms with van der Waals surface area (Å²) in [4.78, 5) is 0. The molecule has 2 atom stereocenters. The second-order valence-corrected chi connectivity index (χ2v) is 10.9. The fourth-order valence-electron chi connectivity index (χ4n) is 5.29. The Balaban J connectivity index is 1.54. The fourth-order valence-corrected chi connectivity index (χ4v) is 8.35. The molecule has 2 aliphatic rings. The Morgan fingerprint density at radius 3 is 2.24 bits per heavy atom.